The Morgan fingerprint density at radius 2 is 1.75 bits per heavy atom. The van der Waals surface area contributed by atoms with Gasteiger partial charge in [-0.05, 0) is 42.5 Å². The lowest BCUT2D eigenvalue weighted by Crippen LogP contribution is -2.26. The number of amides is 1. The standard InChI is InChI=1S/C18H14Cl2N4O3S/c1-24(15-7-5-13(19)6-8-15)28(26,27)16-4-2-3-12(9-16)18(25)22-17-10-14(20)11-21-23-17/h2-11H,1H3,(H,22,23,25). The molecule has 3 rings (SSSR count). The molecule has 2 aromatic carbocycles. The Morgan fingerprint density at radius 1 is 1.04 bits per heavy atom. The van der Waals surface area contributed by atoms with Crippen LogP contribution in [-0.2, 0) is 10.0 Å². The fourth-order valence-electron chi connectivity index (χ4n) is 2.34. The third kappa shape index (κ3) is 4.41. The van der Waals surface area contributed by atoms with Crippen LogP contribution in [-0.4, -0.2) is 31.6 Å². The van der Waals surface area contributed by atoms with Crippen LogP contribution >= 0.6 is 23.2 Å². The minimum atomic E-state index is -3.88. The van der Waals surface area contributed by atoms with E-state index in [1.807, 2.05) is 0 Å². The molecule has 1 heterocycles. The van der Waals surface area contributed by atoms with Crippen LogP contribution in [0.4, 0.5) is 11.5 Å². The van der Waals surface area contributed by atoms with Gasteiger partial charge in [0.05, 0.1) is 21.8 Å². The maximum Gasteiger partial charge on any atom is 0.264 e. The number of nitrogens with one attached hydrogen (secondary N) is 1. The molecule has 0 aliphatic heterocycles. The van der Waals surface area contributed by atoms with E-state index in [9.17, 15) is 13.2 Å². The summed E-state index contributed by atoms with van der Waals surface area (Å²) >= 11 is 11.7. The van der Waals surface area contributed by atoms with E-state index in [4.69, 9.17) is 23.2 Å². The number of carbonyl (C=O) groups excluding carboxylic acids is 1. The minimum Gasteiger partial charge on any atom is -0.305 e. The first-order valence-electron chi connectivity index (χ1n) is 7.91. The largest absolute Gasteiger partial charge is 0.305 e. The van der Waals surface area contributed by atoms with Crippen molar-refractivity contribution in [3.63, 3.8) is 0 Å². The first-order valence-corrected chi connectivity index (χ1v) is 10.1. The van der Waals surface area contributed by atoms with Gasteiger partial charge in [-0.3, -0.25) is 9.10 Å². The second-order valence-corrected chi connectivity index (χ2v) is 8.53. The van der Waals surface area contributed by atoms with Crippen molar-refractivity contribution >= 4 is 50.6 Å². The first kappa shape index (κ1) is 20.1. The summed E-state index contributed by atoms with van der Waals surface area (Å²) in [5, 5.41) is 10.7. The zero-order valence-electron chi connectivity index (χ0n) is 14.5. The summed E-state index contributed by atoms with van der Waals surface area (Å²) in [6.07, 6.45) is 1.33. The number of hydrogen-bond acceptors (Lipinski definition) is 5. The van der Waals surface area contributed by atoms with Crippen LogP contribution < -0.4 is 9.62 Å². The molecule has 0 spiro atoms. The Morgan fingerprint density at radius 3 is 2.43 bits per heavy atom. The molecule has 28 heavy (non-hydrogen) atoms. The summed E-state index contributed by atoms with van der Waals surface area (Å²) in [6, 6.07) is 13.5. The molecule has 10 heteroatoms. The maximum atomic E-state index is 12.9. The molecule has 0 aliphatic rings. The van der Waals surface area contributed by atoms with E-state index in [0.29, 0.717) is 15.7 Å². The van der Waals surface area contributed by atoms with Crippen LogP contribution in [0.1, 0.15) is 10.4 Å². The Balaban J connectivity index is 1.87. The monoisotopic (exact) mass is 436 g/mol. The molecule has 1 aromatic heterocycles. The number of hydrogen-bond donors (Lipinski definition) is 1. The van der Waals surface area contributed by atoms with Gasteiger partial charge in [0.25, 0.3) is 15.9 Å². The van der Waals surface area contributed by atoms with E-state index in [2.05, 4.69) is 15.5 Å². The Kier molecular flexibility index (Phi) is 5.83. The van der Waals surface area contributed by atoms with Crippen molar-refractivity contribution in [1.29, 1.82) is 0 Å². The molecule has 0 saturated carbocycles. The van der Waals surface area contributed by atoms with Crippen molar-refractivity contribution in [3.8, 4) is 0 Å². The van der Waals surface area contributed by atoms with Crippen molar-refractivity contribution in [2.45, 2.75) is 4.90 Å². The summed E-state index contributed by atoms with van der Waals surface area (Å²) in [6.45, 7) is 0. The highest BCUT2D eigenvalue weighted by atomic mass is 35.5. The number of anilines is 2. The van der Waals surface area contributed by atoms with Crippen LogP contribution in [0.5, 0.6) is 0 Å². The fraction of sp³-hybridized carbons (Fsp3) is 0.0556. The number of nitrogens with zero attached hydrogens (tertiary/aromatic N) is 3. The Bertz CT molecular complexity index is 1120. The molecule has 3 aromatic rings. The highest BCUT2D eigenvalue weighted by molar-refractivity contribution is 7.92. The predicted molar refractivity (Wildman–Crippen MR) is 108 cm³/mol. The zero-order chi connectivity index (χ0) is 20.3. The highest BCUT2D eigenvalue weighted by Gasteiger charge is 2.22. The molecule has 0 aliphatic carbocycles. The number of halogens is 2. The van der Waals surface area contributed by atoms with Gasteiger partial charge < -0.3 is 5.32 Å². The maximum absolute atomic E-state index is 12.9. The minimum absolute atomic E-state index is 0.0326. The second-order valence-electron chi connectivity index (χ2n) is 5.69. The highest BCUT2D eigenvalue weighted by Crippen LogP contribution is 2.24. The van der Waals surface area contributed by atoms with Crippen LogP contribution in [0.25, 0.3) is 0 Å². The summed E-state index contributed by atoms with van der Waals surface area (Å²) in [5.74, 6) is -0.383. The van der Waals surface area contributed by atoms with Gasteiger partial charge >= 0.3 is 0 Å². The second kappa shape index (κ2) is 8.14. The number of aromatic nitrogens is 2. The zero-order valence-corrected chi connectivity index (χ0v) is 16.8. The Hall–Kier alpha value is -2.68. The molecule has 0 bridgehead atoms. The molecule has 1 amide bonds. The number of benzene rings is 2. The van der Waals surface area contributed by atoms with Crippen LogP contribution in [0.3, 0.4) is 0 Å². The van der Waals surface area contributed by atoms with Crippen molar-refractivity contribution in [3.05, 3.63) is 76.4 Å². The summed E-state index contributed by atoms with van der Waals surface area (Å²) in [4.78, 5) is 12.4. The van der Waals surface area contributed by atoms with Crippen LogP contribution in [0.15, 0.2) is 65.7 Å². The molecular weight excluding hydrogens is 423 g/mol. The third-order valence-electron chi connectivity index (χ3n) is 3.81. The molecule has 0 fully saturated rings. The lowest BCUT2D eigenvalue weighted by molar-refractivity contribution is 0.102. The van der Waals surface area contributed by atoms with Crippen molar-refractivity contribution < 1.29 is 13.2 Å². The SMILES string of the molecule is CN(c1ccc(Cl)cc1)S(=O)(=O)c1cccc(C(=O)Nc2cc(Cl)cnn2)c1. The van der Waals surface area contributed by atoms with E-state index >= 15 is 0 Å². The topological polar surface area (TPSA) is 92.3 Å². The van der Waals surface area contributed by atoms with E-state index in [1.54, 1.807) is 24.3 Å². The molecule has 1 N–H and O–H groups in total. The lowest BCUT2D eigenvalue weighted by atomic mass is 10.2. The van der Waals surface area contributed by atoms with Gasteiger partial charge in [-0.1, -0.05) is 29.3 Å². The van der Waals surface area contributed by atoms with Crippen molar-refractivity contribution in [2.24, 2.45) is 0 Å². The number of carbonyl (C=O) groups is 1. The van der Waals surface area contributed by atoms with Crippen LogP contribution in [0.2, 0.25) is 10.0 Å². The quantitative estimate of drug-likeness (QED) is 0.655. The Labute approximate surface area is 172 Å². The van der Waals surface area contributed by atoms with Gasteiger partial charge in [0.15, 0.2) is 5.82 Å². The molecule has 0 atom stereocenters. The van der Waals surface area contributed by atoms with Gasteiger partial charge in [0.2, 0.25) is 0 Å². The predicted octanol–water partition coefficient (Wildman–Crippen LogP) is 3.86. The van der Waals surface area contributed by atoms with Gasteiger partial charge in [-0.15, -0.1) is 5.10 Å². The molecule has 7 nitrogen and oxygen atoms in total. The van der Waals surface area contributed by atoms with Crippen LogP contribution in [0, 0.1) is 0 Å². The molecule has 0 radical (unpaired) electrons. The van der Waals surface area contributed by atoms with E-state index in [1.165, 1.54) is 43.6 Å². The van der Waals surface area contributed by atoms with E-state index in [-0.39, 0.29) is 16.3 Å². The average molecular weight is 437 g/mol. The van der Waals surface area contributed by atoms with Gasteiger partial charge in [-0.25, -0.2) is 8.42 Å². The first-order chi connectivity index (χ1) is 13.3. The molecule has 0 saturated heterocycles. The molecule has 0 unspecified atom stereocenters. The van der Waals surface area contributed by atoms with Gasteiger partial charge in [0.1, 0.15) is 0 Å². The van der Waals surface area contributed by atoms with Crippen molar-refractivity contribution in [1.82, 2.24) is 10.2 Å². The number of sulfonamides is 1. The molecular formula is C18H14Cl2N4O3S. The summed E-state index contributed by atoms with van der Waals surface area (Å²) in [5.41, 5.74) is 0.584. The smallest absolute Gasteiger partial charge is 0.264 e. The van der Waals surface area contributed by atoms with Crippen molar-refractivity contribution in [2.75, 3.05) is 16.7 Å². The number of rotatable bonds is 5. The van der Waals surface area contributed by atoms with Gasteiger partial charge in [0, 0.05) is 23.7 Å². The summed E-state index contributed by atoms with van der Waals surface area (Å²) in [7, 11) is -2.46. The summed E-state index contributed by atoms with van der Waals surface area (Å²) < 4.78 is 26.9. The average Bonchev–Trinajstić information content (AvgIpc) is 2.68. The van der Waals surface area contributed by atoms with E-state index < -0.39 is 15.9 Å². The lowest BCUT2D eigenvalue weighted by Gasteiger charge is -2.20. The molecule has 144 valence electrons. The fourth-order valence-corrected chi connectivity index (χ4v) is 3.85. The third-order valence-corrected chi connectivity index (χ3v) is 6.05. The normalized spacial score (nSPS) is 11.1. The van der Waals surface area contributed by atoms with Gasteiger partial charge in [-0.2, -0.15) is 5.10 Å². The van der Waals surface area contributed by atoms with E-state index in [0.717, 1.165) is 4.31 Å².